The number of aliphatic hydroxyl groups excluding tert-OH is 1. The maximum Gasteiger partial charge on any atom is 0.137 e. The zero-order chi connectivity index (χ0) is 13.5. The number of rotatable bonds is 6. The molecule has 0 saturated carbocycles. The van der Waals surface area contributed by atoms with Crippen LogP contribution in [-0.4, -0.2) is 28.7 Å². The normalized spacial score (nSPS) is 13.9. The molecule has 0 aliphatic carbocycles. The fraction of sp³-hybridized carbons (Fsp3) is 0.500. The second-order valence-corrected chi connectivity index (χ2v) is 4.51. The SMILES string of the molecule is CCC(C)C(CO)N(Cc1ccccc1)C(=O)[O-]. The van der Waals surface area contributed by atoms with Gasteiger partial charge in [-0.2, -0.15) is 0 Å². The molecule has 100 valence electrons. The van der Waals surface area contributed by atoms with Gasteiger partial charge in [-0.25, -0.2) is 0 Å². The Balaban J connectivity index is 2.85. The van der Waals surface area contributed by atoms with E-state index in [9.17, 15) is 15.0 Å². The first-order valence-electron chi connectivity index (χ1n) is 6.22. The molecule has 0 fully saturated rings. The topological polar surface area (TPSA) is 63.6 Å². The van der Waals surface area contributed by atoms with Gasteiger partial charge in [0.25, 0.3) is 0 Å². The number of carbonyl (C=O) groups is 1. The van der Waals surface area contributed by atoms with E-state index >= 15 is 0 Å². The van der Waals surface area contributed by atoms with Gasteiger partial charge >= 0.3 is 0 Å². The fourth-order valence-electron chi connectivity index (χ4n) is 1.96. The molecule has 1 aromatic rings. The minimum Gasteiger partial charge on any atom is -0.530 e. The van der Waals surface area contributed by atoms with Gasteiger partial charge < -0.3 is 19.9 Å². The first kappa shape index (κ1) is 14.5. The van der Waals surface area contributed by atoms with E-state index in [0.29, 0.717) is 0 Å². The lowest BCUT2D eigenvalue weighted by molar-refractivity contribution is -0.270. The number of benzene rings is 1. The minimum absolute atomic E-state index is 0.0941. The van der Waals surface area contributed by atoms with Crippen molar-refractivity contribution in [1.29, 1.82) is 0 Å². The lowest BCUT2D eigenvalue weighted by atomic mass is 9.98. The maximum absolute atomic E-state index is 11.2. The predicted molar refractivity (Wildman–Crippen MR) is 67.7 cm³/mol. The Kier molecular flexibility index (Phi) is 5.65. The molecule has 1 aromatic carbocycles. The largest absolute Gasteiger partial charge is 0.530 e. The van der Waals surface area contributed by atoms with Crippen molar-refractivity contribution in [2.45, 2.75) is 32.9 Å². The van der Waals surface area contributed by atoms with Crippen LogP contribution in [0, 0.1) is 5.92 Å². The molecular weight excluding hydrogens is 230 g/mol. The molecule has 0 radical (unpaired) electrons. The number of aliphatic hydroxyl groups is 1. The van der Waals surface area contributed by atoms with Gasteiger partial charge in [0.2, 0.25) is 0 Å². The van der Waals surface area contributed by atoms with Crippen LogP contribution in [0.5, 0.6) is 0 Å². The number of hydrogen-bond donors (Lipinski definition) is 1. The third-order valence-corrected chi connectivity index (χ3v) is 3.32. The van der Waals surface area contributed by atoms with Gasteiger partial charge in [-0.1, -0.05) is 50.6 Å². The molecule has 1 amide bonds. The molecule has 0 spiro atoms. The lowest BCUT2D eigenvalue weighted by Gasteiger charge is -2.36. The van der Waals surface area contributed by atoms with Gasteiger partial charge in [0.15, 0.2) is 0 Å². The summed E-state index contributed by atoms with van der Waals surface area (Å²) in [6, 6.07) is 8.91. The van der Waals surface area contributed by atoms with Crippen molar-refractivity contribution in [1.82, 2.24) is 4.90 Å². The van der Waals surface area contributed by atoms with Crippen molar-refractivity contribution in [2.75, 3.05) is 6.61 Å². The smallest absolute Gasteiger partial charge is 0.137 e. The fourth-order valence-corrected chi connectivity index (χ4v) is 1.96. The zero-order valence-electron chi connectivity index (χ0n) is 10.9. The molecule has 0 aliphatic rings. The molecular formula is C14H20NO3-. The highest BCUT2D eigenvalue weighted by atomic mass is 16.4. The van der Waals surface area contributed by atoms with E-state index in [4.69, 9.17) is 0 Å². The van der Waals surface area contributed by atoms with E-state index in [1.807, 2.05) is 44.2 Å². The van der Waals surface area contributed by atoms with Gasteiger partial charge in [-0.05, 0) is 11.5 Å². The Bertz CT molecular complexity index is 367. The van der Waals surface area contributed by atoms with Crippen LogP contribution in [0.4, 0.5) is 4.79 Å². The highest BCUT2D eigenvalue weighted by Gasteiger charge is 2.22. The highest BCUT2D eigenvalue weighted by Crippen LogP contribution is 2.17. The lowest BCUT2D eigenvalue weighted by Crippen LogP contribution is -2.50. The molecule has 4 nitrogen and oxygen atoms in total. The molecule has 2 atom stereocenters. The van der Waals surface area contributed by atoms with Gasteiger partial charge in [0.05, 0.1) is 12.6 Å². The summed E-state index contributed by atoms with van der Waals surface area (Å²) in [5.74, 6) is 0.0941. The number of nitrogens with zero attached hydrogens (tertiary/aromatic N) is 1. The Morgan fingerprint density at radius 1 is 1.39 bits per heavy atom. The van der Waals surface area contributed by atoms with Crippen molar-refractivity contribution in [3.63, 3.8) is 0 Å². The molecule has 4 heteroatoms. The Morgan fingerprint density at radius 2 is 2.00 bits per heavy atom. The molecule has 0 aliphatic heterocycles. The van der Waals surface area contributed by atoms with E-state index in [1.54, 1.807) is 0 Å². The van der Waals surface area contributed by atoms with Crippen LogP contribution in [0.15, 0.2) is 30.3 Å². The van der Waals surface area contributed by atoms with Crippen molar-refractivity contribution in [3.05, 3.63) is 35.9 Å². The second kappa shape index (κ2) is 7.01. The molecule has 0 aromatic heterocycles. The van der Waals surface area contributed by atoms with Crippen molar-refractivity contribution >= 4 is 6.09 Å². The van der Waals surface area contributed by atoms with Crippen LogP contribution in [-0.2, 0) is 6.54 Å². The quantitative estimate of drug-likeness (QED) is 0.826. The first-order valence-corrected chi connectivity index (χ1v) is 6.22. The van der Waals surface area contributed by atoms with Gasteiger partial charge in [-0.15, -0.1) is 0 Å². The summed E-state index contributed by atoms with van der Waals surface area (Å²) in [5, 5.41) is 20.6. The number of hydrogen-bond acceptors (Lipinski definition) is 3. The number of carbonyl (C=O) groups excluding carboxylic acids is 1. The Hall–Kier alpha value is -1.55. The molecule has 2 unspecified atom stereocenters. The number of amides is 1. The monoisotopic (exact) mass is 250 g/mol. The van der Waals surface area contributed by atoms with E-state index < -0.39 is 12.1 Å². The highest BCUT2D eigenvalue weighted by molar-refractivity contribution is 5.63. The van der Waals surface area contributed by atoms with E-state index in [2.05, 4.69) is 0 Å². The van der Waals surface area contributed by atoms with Crippen LogP contribution < -0.4 is 5.11 Å². The summed E-state index contributed by atoms with van der Waals surface area (Å²) in [5.41, 5.74) is 0.892. The average molecular weight is 250 g/mol. The summed E-state index contributed by atoms with van der Waals surface area (Å²) < 4.78 is 0. The predicted octanol–water partition coefficient (Wildman–Crippen LogP) is 1.24. The minimum atomic E-state index is -1.24. The first-order chi connectivity index (χ1) is 8.60. The summed E-state index contributed by atoms with van der Waals surface area (Å²) in [6.45, 7) is 3.97. The molecule has 0 bridgehead atoms. The van der Waals surface area contributed by atoms with Crippen LogP contribution in [0.1, 0.15) is 25.8 Å². The van der Waals surface area contributed by atoms with Gasteiger partial charge in [0, 0.05) is 6.54 Å². The van der Waals surface area contributed by atoms with E-state index in [1.165, 1.54) is 4.90 Å². The maximum atomic E-state index is 11.2. The second-order valence-electron chi connectivity index (χ2n) is 4.51. The molecule has 0 saturated heterocycles. The average Bonchev–Trinajstić information content (AvgIpc) is 2.39. The summed E-state index contributed by atoms with van der Waals surface area (Å²) >= 11 is 0. The van der Waals surface area contributed by atoms with Crippen LogP contribution in [0.2, 0.25) is 0 Å². The van der Waals surface area contributed by atoms with Crippen LogP contribution in [0.3, 0.4) is 0 Å². The third kappa shape index (κ3) is 3.74. The van der Waals surface area contributed by atoms with Crippen LogP contribution in [0.25, 0.3) is 0 Å². The molecule has 1 N–H and O–H groups in total. The standard InChI is InChI=1S/C14H21NO3/c1-3-11(2)13(10-16)15(14(17)18)9-12-7-5-4-6-8-12/h4-8,11,13,16H,3,9-10H2,1-2H3,(H,17,18)/p-1. The van der Waals surface area contributed by atoms with Crippen LogP contribution >= 0.6 is 0 Å². The van der Waals surface area contributed by atoms with Gasteiger partial charge in [-0.3, -0.25) is 0 Å². The Labute approximate surface area is 108 Å². The van der Waals surface area contributed by atoms with E-state index in [0.717, 1.165) is 12.0 Å². The molecule has 0 heterocycles. The van der Waals surface area contributed by atoms with Crippen molar-refractivity contribution in [3.8, 4) is 0 Å². The number of carboxylic acid groups (broad SMARTS) is 1. The van der Waals surface area contributed by atoms with Crippen molar-refractivity contribution < 1.29 is 15.0 Å². The summed E-state index contributed by atoms with van der Waals surface area (Å²) in [7, 11) is 0. The van der Waals surface area contributed by atoms with Gasteiger partial charge in [0.1, 0.15) is 6.09 Å². The summed E-state index contributed by atoms with van der Waals surface area (Å²) in [6.07, 6.45) is -0.428. The molecule has 1 rings (SSSR count). The zero-order valence-corrected chi connectivity index (χ0v) is 10.9. The van der Waals surface area contributed by atoms with Crippen molar-refractivity contribution in [2.24, 2.45) is 5.92 Å². The third-order valence-electron chi connectivity index (χ3n) is 3.32. The summed E-state index contributed by atoms with van der Waals surface area (Å²) in [4.78, 5) is 12.4. The van der Waals surface area contributed by atoms with E-state index in [-0.39, 0.29) is 19.1 Å². The Morgan fingerprint density at radius 3 is 2.44 bits per heavy atom. The molecule has 18 heavy (non-hydrogen) atoms.